The van der Waals surface area contributed by atoms with Crippen LogP contribution < -0.4 is 15.9 Å². The van der Waals surface area contributed by atoms with Gasteiger partial charge in [-0.1, -0.05) is 40.2 Å². The number of hydrogen-bond acceptors (Lipinski definition) is 7. The molecule has 0 unspecified atom stereocenters. The topological polar surface area (TPSA) is 109 Å². The molecule has 1 atom stereocenters. The van der Waals surface area contributed by atoms with E-state index in [1.807, 2.05) is 48.5 Å². The lowest BCUT2D eigenvalue weighted by Crippen LogP contribution is -2.58. The van der Waals surface area contributed by atoms with Gasteiger partial charge >= 0.3 is 11.9 Å². The van der Waals surface area contributed by atoms with E-state index in [0.29, 0.717) is 16.8 Å². The summed E-state index contributed by atoms with van der Waals surface area (Å²) in [6.45, 7) is 5.80. The van der Waals surface area contributed by atoms with Gasteiger partial charge in [0, 0.05) is 72.8 Å². The Morgan fingerprint density at radius 3 is 2.38 bits per heavy atom. The molecule has 2 saturated heterocycles. The summed E-state index contributed by atoms with van der Waals surface area (Å²) in [5, 5.41) is 3.00. The first-order valence-electron chi connectivity index (χ1n) is 18.5. The zero-order valence-electron chi connectivity index (χ0n) is 30.9. The lowest BCUT2D eigenvalue weighted by molar-refractivity contribution is -0.138. The maximum Gasteiger partial charge on any atom is 0.417 e. The first-order chi connectivity index (χ1) is 26.8. The lowest BCUT2D eigenvalue weighted by atomic mass is 9.72. The van der Waals surface area contributed by atoms with Gasteiger partial charge < -0.3 is 20.0 Å². The highest BCUT2D eigenvalue weighted by atomic mass is 79.9. The van der Waals surface area contributed by atoms with E-state index in [2.05, 4.69) is 48.1 Å². The number of nitrogens with zero attached hydrogens (tertiary/aromatic N) is 7. The number of carbonyl (C=O) groups excluding carboxylic acids is 2. The quantitative estimate of drug-likeness (QED) is 0.203. The molecule has 1 spiro atoms. The molecule has 8 rings (SSSR count). The summed E-state index contributed by atoms with van der Waals surface area (Å²) >= 11 is 2.95. The van der Waals surface area contributed by atoms with E-state index in [9.17, 15) is 27.6 Å². The number of fused-ring (bicyclic) bond motifs is 1. The molecule has 2 fully saturated rings. The molecular formula is C41H40BrF3N8O3. The van der Waals surface area contributed by atoms with Crippen molar-refractivity contribution in [2.75, 3.05) is 38.1 Å². The largest absolute Gasteiger partial charge is 0.417 e. The molecule has 1 N–H and O–H groups in total. The van der Waals surface area contributed by atoms with Crippen LogP contribution >= 0.6 is 15.9 Å². The average Bonchev–Trinajstić information content (AvgIpc) is 3.47. The van der Waals surface area contributed by atoms with Crippen molar-refractivity contribution in [2.45, 2.75) is 51.6 Å². The van der Waals surface area contributed by atoms with Crippen LogP contribution in [0.5, 0.6) is 0 Å². The number of rotatable bonds is 7. The number of amides is 2. The number of likely N-dealkylation sites (tertiary alicyclic amines) is 1. The molecule has 3 aromatic carbocycles. The van der Waals surface area contributed by atoms with E-state index in [4.69, 9.17) is 0 Å². The Hall–Kier alpha value is -5.28. The second-order valence-corrected chi connectivity index (χ2v) is 16.0. The maximum absolute atomic E-state index is 14.4. The monoisotopic (exact) mass is 828 g/mol. The molecule has 0 bridgehead atoms. The van der Waals surface area contributed by atoms with Gasteiger partial charge in [-0.05, 0) is 86.3 Å². The maximum atomic E-state index is 14.4. The molecule has 3 aliphatic heterocycles. The number of benzene rings is 3. The number of piperidine rings is 1. The van der Waals surface area contributed by atoms with Crippen molar-refractivity contribution in [3.63, 3.8) is 0 Å². The SMILES string of the molecule is C[C@@H]1Cn2c(c(C(=O)NCc3ccccc3-c3ccncn3)n(-c3ccc(N4CCC5(CC4)CN(C)C5)cc3)c2=O)CN1C(=O)c1ccc(Br)c(C(F)(F)F)c1. The number of carbonyl (C=O) groups is 2. The third-order valence-electron chi connectivity index (χ3n) is 11.4. The highest BCUT2D eigenvalue weighted by Gasteiger charge is 2.43. The Morgan fingerprint density at radius 2 is 1.70 bits per heavy atom. The second kappa shape index (κ2) is 14.7. The number of hydrogen-bond donors (Lipinski definition) is 1. The number of anilines is 1. The first-order valence-corrected chi connectivity index (χ1v) is 19.3. The van der Waals surface area contributed by atoms with E-state index in [0.717, 1.165) is 61.9 Å². The van der Waals surface area contributed by atoms with Crippen LogP contribution in [-0.4, -0.2) is 80.0 Å². The predicted molar refractivity (Wildman–Crippen MR) is 209 cm³/mol. The number of nitrogens with one attached hydrogen (secondary N) is 1. The van der Waals surface area contributed by atoms with Gasteiger partial charge in [0.05, 0.1) is 29.2 Å². The van der Waals surface area contributed by atoms with Crippen LogP contribution in [0.15, 0.2) is 94.6 Å². The van der Waals surface area contributed by atoms with Gasteiger partial charge in [0.2, 0.25) is 0 Å². The summed E-state index contributed by atoms with van der Waals surface area (Å²) < 4.78 is 44.1. The highest BCUT2D eigenvalue weighted by molar-refractivity contribution is 9.10. The number of imidazole rings is 1. The molecule has 0 aliphatic carbocycles. The van der Waals surface area contributed by atoms with Crippen LogP contribution in [-0.2, 0) is 25.8 Å². The molecule has 0 saturated carbocycles. The lowest BCUT2D eigenvalue weighted by Gasteiger charge is -2.53. The van der Waals surface area contributed by atoms with E-state index >= 15 is 0 Å². The minimum Gasteiger partial charge on any atom is -0.371 e. The fourth-order valence-corrected chi connectivity index (χ4v) is 8.97. The fraction of sp³-hybridized carbons (Fsp3) is 0.341. The minimum atomic E-state index is -4.68. The summed E-state index contributed by atoms with van der Waals surface area (Å²) in [6.07, 6.45) is 0.623. The van der Waals surface area contributed by atoms with Gasteiger partial charge in [-0.25, -0.2) is 14.8 Å². The van der Waals surface area contributed by atoms with Gasteiger partial charge in [0.25, 0.3) is 11.8 Å². The zero-order valence-corrected chi connectivity index (χ0v) is 32.5. The van der Waals surface area contributed by atoms with Crippen molar-refractivity contribution >= 4 is 33.4 Å². The summed E-state index contributed by atoms with van der Waals surface area (Å²) in [6, 6.07) is 19.6. The predicted octanol–water partition coefficient (Wildman–Crippen LogP) is 6.38. The van der Waals surface area contributed by atoms with Crippen molar-refractivity contribution in [2.24, 2.45) is 5.41 Å². The van der Waals surface area contributed by atoms with Crippen LogP contribution in [0.1, 0.15) is 57.4 Å². The van der Waals surface area contributed by atoms with Crippen molar-refractivity contribution in [3.8, 4) is 16.9 Å². The Labute approximate surface area is 329 Å². The smallest absolute Gasteiger partial charge is 0.371 e. The molecule has 2 amide bonds. The Balaban J connectivity index is 1.13. The Kier molecular flexibility index (Phi) is 9.85. The molecule has 5 aromatic rings. The van der Waals surface area contributed by atoms with E-state index in [1.54, 1.807) is 19.2 Å². The molecule has 290 valence electrons. The summed E-state index contributed by atoms with van der Waals surface area (Å²) in [7, 11) is 2.15. The molecule has 11 nitrogen and oxygen atoms in total. The third kappa shape index (κ3) is 7.02. The van der Waals surface area contributed by atoms with Gasteiger partial charge in [0.15, 0.2) is 0 Å². The van der Waals surface area contributed by atoms with Crippen molar-refractivity contribution in [3.05, 3.63) is 128 Å². The number of halogens is 4. The normalized spacial score (nSPS) is 18.1. The molecular weight excluding hydrogens is 789 g/mol. The Bertz CT molecular complexity index is 2350. The van der Waals surface area contributed by atoms with E-state index in [-0.39, 0.29) is 41.1 Å². The second-order valence-electron chi connectivity index (χ2n) is 15.1. The molecule has 3 aliphatic rings. The standard InChI is InChI=1S/C41H40BrF3N8O3/c1-26-21-52-35(22-51(26)38(55)27-7-12-33(42)32(19-27)41(43,44)45)36(37(54)47-20-28-5-3-4-6-31(28)34-13-16-46-25-48-34)53(39(52)56)30-10-8-29(9-11-30)50-17-14-40(15-18-50)23-49(2)24-40/h3-13,16,19,25-26H,14-15,17-18,20-24H2,1-2H3,(H,47,54)/t26-/m1/s1. The molecule has 2 aromatic heterocycles. The van der Waals surface area contributed by atoms with E-state index in [1.165, 1.54) is 32.5 Å². The third-order valence-corrected chi connectivity index (χ3v) is 12.1. The zero-order chi connectivity index (χ0) is 39.4. The molecule has 0 radical (unpaired) electrons. The van der Waals surface area contributed by atoms with E-state index < -0.39 is 35.3 Å². The average molecular weight is 830 g/mol. The Morgan fingerprint density at radius 1 is 0.982 bits per heavy atom. The highest BCUT2D eigenvalue weighted by Crippen LogP contribution is 2.41. The minimum absolute atomic E-state index is 0.0369. The molecule has 15 heteroatoms. The van der Waals surface area contributed by atoms with Gasteiger partial charge in [-0.15, -0.1) is 0 Å². The first kappa shape index (κ1) is 37.6. The van der Waals surface area contributed by atoms with Crippen LogP contribution in [0.2, 0.25) is 0 Å². The van der Waals surface area contributed by atoms with Crippen LogP contribution in [0, 0.1) is 5.41 Å². The molecule has 56 heavy (non-hydrogen) atoms. The van der Waals surface area contributed by atoms with Crippen LogP contribution in [0.3, 0.4) is 0 Å². The van der Waals surface area contributed by atoms with Gasteiger partial charge in [-0.3, -0.25) is 18.7 Å². The summed E-state index contributed by atoms with van der Waals surface area (Å²) in [4.78, 5) is 57.2. The van der Waals surface area contributed by atoms with Crippen molar-refractivity contribution < 1.29 is 22.8 Å². The fourth-order valence-electron chi connectivity index (χ4n) is 8.50. The van der Waals surface area contributed by atoms with Crippen molar-refractivity contribution in [1.82, 2.24) is 34.2 Å². The van der Waals surface area contributed by atoms with Crippen LogP contribution in [0.25, 0.3) is 16.9 Å². The van der Waals surface area contributed by atoms with Gasteiger partial charge in [-0.2, -0.15) is 13.2 Å². The van der Waals surface area contributed by atoms with Gasteiger partial charge in [0.1, 0.15) is 12.0 Å². The molecule has 5 heterocycles. The summed E-state index contributed by atoms with van der Waals surface area (Å²) in [5.74, 6) is -1.19. The number of alkyl halides is 3. The van der Waals surface area contributed by atoms with Crippen molar-refractivity contribution in [1.29, 1.82) is 0 Å². The van der Waals surface area contributed by atoms with Crippen LogP contribution in [0.4, 0.5) is 18.9 Å². The summed E-state index contributed by atoms with van der Waals surface area (Å²) in [5.41, 5.74) is 2.92. The number of aromatic nitrogens is 4.